The van der Waals surface area contributed by atoms with Crippen molar-refractivity contribution in [2.75, 3.05) is 6.73 Å². The lowest BCUT2D eigenvalue weighted by molar-refractivity contribution is -0.139. The molecule has 0 unspecified atom stereocenters. The molecule has 0 fully saturated rings. The summed E-state index contributed by atoms with van der Waals surface area (Å²) in [5, 5.41) is 16.3. The predicted octanol–water partition coefficient (Wildman–Crippen LogP) is -1.72. The van der Waals surface area contributed by atoms with E-state index in [1.54, 1.807) is 0 Å². The summed E-state index contributed by atoms with van der Waals surface area (Å²) in [7, 11) is -4.29. The van der Waals surface area contributed by atoms with Crippen LogP contribution in [0.5, 0.6) is 0 Å². The van der Waals surface area contributed by atoms with E-state index in [1.807, 2.05) is 0 Å². The van der Waals surface area contributed by atoms with Crippen molar-refractivity contribution in [1.82, 2.24) is 0 Å². The van der Waals surface area contributed by atoms with Gasteiger partial charge >= 0.3 is 19.8 Å². The van der Waals surface area contributed by atoms with Gasteiger partial charge in [-0.15, -0.1) is 0 Å². The van der Waals surface area contributed by atoms with E-state index in [0.717, 1.165) is 0 Å². The number of phosphoric ester groups is 1. The van der Waals surface area contributed by atoms with Gasteiger partial charge in [0.25, 0.3) is 0 Å². The maximum Gasteiger partial charge on any atom is 0.470 e. The van der Waals surface area contributed by atoms with Gasteiger partial charge < -0.3 is 31.5 Å². The lowest BCUT2D eigenvalue weighted by Crippen LogP contribution is -2.30. The molecule has 0 aliphatic heterocycles. The molecule has 11 heteroatoms. The second-order valence-corrected chi connectivity index (χ2v) is 3.90. The van der Waals surface area contributed by atoms with E-state index < -0.39 is 32.5 Å². The van der Waals surface area contributed by atoms with Crippen LogP contribution in [-0.2, 0) is 18.7 Å². The Morgan fingerprint density at radius 2 is 1.76 bits per heavy atom. The number of aliphatic carboxylic acids is 2. The van der Waals surface area contributed by atoms with Gasteiger partial charge in [-0.05, 0) is 6.42 Å². The second kappa shape index (κ2) is 9.05. The van der Waals surface area contributed by atoms with Crippen LogP contribution in [-0.4, -0.2) is 44.7 Å². The third kappa shape index (κ3) is 17.6. The molecule has 0 aromatic heterocycles. The van der Waals surface area contributed by atoms with E-state index in [0.29, 0.717) is 0 Å². The molecule has 102 valence electrons. The Hall–Kier alpha value is -1.03. The molecule has 0 spiro atoms. The first-order chi connectivity index (χ1) is 7.60. The molecule has 0 saturated heterocycles. The van der Waals surface area contributed by atoms with Gasteiger partial charge in [-0.1, -0.05) is 0 Å². The van der Waals surface area contributed by atoms with Gasteiger partial charge in [0.1, 0.15) is 12.8 Å². The molecule has 0 amide bonds. The van der Waals surface area contributed by atoms with Gasteiger partial charge in [-0.3, -0.25) is 14.1 Å². The summed E-state index contributed by atoms with van der Waals surface area (Å²) in [6.07, 6.45) is -0.224. The van der Waals surface area contributed by atoms with E-state index in [9.17, 15) is 14.2 Å². The number of nitrogens with two attached hydrogens (primary N) is 2. The zero-order valence-corrected chi connectivity index (χ0v) is 9.62. The van der Waals surface area contributed by atoms with Crippen LogP contribution in [0.2, 0.25) is 0 Å². The molecule has 0 aromatic rings. The Bertz CT molecular complexity index is 290. The molecule has 0 radical (unpaired) electrons. The van der Waals surface area contributed by atoms with Crippen LogP contribution in [0.1, 0.15) is 12.8 Å². The van der Waals surface area contributed by atoms with Crippen molar-refractivity contribution in [2.24, 2.45) is 11.5 Å². The van der Waals surface area contributed by atoms with Crippen molar-refractivity contribution in [1.29, 1.82) is 0 Å². The first-order valence-corrected chi connectivity index (χ1v) is 5.73. The van der Waals surface area contributed by atoms with E-state index in [2.05, 4.69) is 10.3 Å². The second-order valence-electron chi connectivity index (χ2n) is 2.66. The fourth-order valence-electron chi connectivity index (χ4n) is 0.500. The molecule has 0 rings (SSSR count). The van der Waals surface area contributed by atoms with E-state index >= 15 is 0 Å². The number of carbonyl (C=O) groups is 2. The quantitative estimate of drug-likeness (QED) is 0.239. The Kier molecular flexibility index (Phi) is 9.76. The van der Waals surface area contributed by atoms with Crippen molar-refractivity contribution in [3.63, 3.8) is 0 Å². The fraction of sp³-hybridized carbons (Fsp3) is 0.667. The molecule has 10 nitrogen and oxygen atoms in total. The summed E-state index contributed by atoms with van der Waals surface area (Å²) >= 11 is 0. The first kappa shape index (κ1) is 18.3. The van der Waals surface area contributed by atoms with Crippen LogP contribution in [0.3, 0.4) is 0 Å². The molecule has 0 bridgehead atoms. The predicted molar refractivity (Wildman–Crippen MR) is 54.7 cm³/mol. The largest absolute Gasteiger partial charge is 0.481 e. The molecule has 0 aliphatic carbocycles. The minimum absolute atomic E-state index is 0.0231. The molecule has 0 heterocycles. The van der Waals surface area contributed by atoms with E-state index in [4.69, 9.17) is 25.7 Å². The molecule has 17 heavy (non-hydrogen) atoms. The van der Waals surface area contributed by atoms with Crippen LogP contribution in [0.4, 0.5) is 0 Å². The molecule has 0 saturated carbocycles. The Balaban J connectivity index is 0. The van der Waals surface area contributed by atoms with Gasteiger partial charge in [0, 0.05) is 6.42 Å². The third-order valence-electron chi connectivity index (χ3n) is 1.23. The summed E-state index contributed by atoms with van der Waals surface area (Å²) < 4.78 is 13.3. The Labute approximate surface area is 96.4 Å². The SMILES string of the molecule is NCOP(=O)(O)O.N[C@@H](CCC(=O)O)C(=O)O. The highest BCUT2D eigenvalue weighted by Crippen LogP contribution is 2.34. The monoisotopic (exact) mass is 274 g/mol. The topological polar surface area (TPSA) is 193 Å². The van der Waals surface area contributed by atoms with Crippen molar-refractivity contribution >= 4 is 19.8 Å². The number of hydrogen-bond donors (Lipinski definition) is 6. The zero-order valence-electron chi connectivity index (χ0n) is 8.72. The molecule has 1 atom stereocenters. The standard InChI is InChI=1S/C5H9NO4.CH6NO4P/c6-3(5(9)10)1-2-4(7)8;2-1-6-7(3,4)5/h3H,1-2,6H2,(H,7,8)(H,9,10);1-2H2,(H2,3,4,5)/t3-;/m0./s1. The average Bonchev–Trinajstić information content (AvgIpc) is 2.12. The number of hydrogen-bond acceptors (Lipinski definition) is 6. The highest BCUT2D eigenvalue weighted by Gasteiger charge is 2.12. The maximum absolute atomic E-state index is 9.99. The Morgan fingerprint density at radius 3 is 1.94 bits per heavy atom. The summed E-state index contributed by atoms with van der Waals surface area (Å²) in [4.78, 5) is 35.5. The van der Waals surface area contributed by atoms with Crippen LogP contribution in [0.25, 0.3) is 0 Å². The smallest absolute Gasteiger partial charge is 0.470 e. The normalized spacial score (nSPS) is 12.2. The van der Waals surface area contributed by atoms with Crippen molar-refractivity contribution in [3.05, 3.63) is 0 Å². The van der Waals surface area contributed by atoms with Crippen molar-refractivity contribution in [3.8, 4) is 0 Å². The lowest BCUT2D eigenvalue weighted by Gasteiger charge is -2.01. The number of carboxylic acid groups (broad SMARTS) is 2. The molecular weight excluding hydrogens is 259 g/mol. The minimum Gasteiger partial charge on any atom is -0.481 e. The van der Waals surface area contributed by atoms with Gasteiger partial charge in [0.15, 0.2) is 0 Å². The molecule has 0 aromatic carbocycles. The van der Waals surface area contributed by atoms with Crippen molar-refractivity contribution in [2.45, 2.75) is 18.9 Å². The molecule has 0 aliphatic rings. The summed E-state index contributed by atoms with van der Waals surface area (Å²) in [5.41, 5.74) is 9.60. The van der Waals surface area contributed by atoms with Crippen LogP contribution in [0, 0.1) is 0 Å². The van der Waals surface area contributed by atoms with Crippen LogP contribution >= 0.6 is 7.82 Å². The van der Waals surface area contributed by atoms with Gasteiger partial charge in [-0.25, -0.2) is 4.57 Å². The zero-order chi connectivity index (χ0) is 14.1. The summed E-state index contributed by atoms with van der Waals surface area (Å²) in [6.45, 7) is -0.454. The first-order valence-electron chi connectivity index (χ1n) is 4.20. The minimum atomic E-state index is -4.29. The summed E-state index contributed by atoms with van der Waals surface area (Å²) in [6, 6.07) is -1.06. The fourth-order valence-corrected chi connectivity index (χ4v) is 0.694. The van der Waals surface area contributed by atoms with Gasteiger partial charge in [-0.2, -0.15) is 0 Å². The third-order valence-corrected chi connectivity index (χ3v) is 1.71. The van der Waals surface area contributed by atoms with Crippen LogP contribution in [0.15, 0.2) is 0 Å². The average molecular weight is 274 g/mol. The number of rotatable bonds is 6. The molecular formula is C6H15N2O8P. The molecule has 8 N–H and O–H groups in total. The van der Waals surface area contributed by atoms with E-state index in [-0.39, 0.29) is 12.8 Å². The van der Waals surface area contributed by atoms with Gasteiger partial charge in [0.2, 0.25) is 0 Å². The van der Waals surface area contributed by atoms with Crippen molar-refractivity contribution < 1.29 is 38.7 Å². The Morgan fingerprint density at radius 1 is 1.29 bits per heavy atom. The maximum atomic E-state index is 9.99. The summed E-state index contributed by atoms with van der Waals surface area (Å²) in [5.74, 6) is -2.20. The van der Waals surface area contributed by atoms with E-state index in [1.165, 1.54) is 0 Å². The number of carboxylic acids is 2. The lowest BCUT2D eigenvalue weighted by atomic mass is 10.2. The van der Waals surface area contributed by atoms with Gasteiger partial charge in [0.05, 0.1) is 0 Å². The highest BCUT2D eigenvalue weighted by atomic mass is 31.2. The number of phosphoric acid groups is 1. The van der Waals surface area contributed by atoms with Crippen LogP contribution < -0.4 is 11.5 Å². The highest BCUT2D eigenvalue weighted by molar-refractivity contribution is 7.46.